The summed E-state index contributed by atoms with van der Waals surface area (Å²) in [6.45, 7) is 0. The third-order valence-corrected chi connectivity index (χ3v) is 5.72. The van der Waals surface area contributed by atoms with Crippen molar-refractivity contribution in [3.05, 3.63) is 59.4 Å². The van der Waals surface area contributed by atoms with Gasteiger partial charge in [0.15, 0.2) is 10.9 Å². The lowest BCUT2D eigenvalue weighted by Crippen LogP contribution is -2.50. The Morgan fingerprint density at radius 2 is 1.38 bits per heavy atom. The van der Waals surface area contributed by atoms with Gasteiger partial charge >= 0.3 is 0 Å². The van der Waals surface area contributed by atoms with Crippen molar-refractivity contribution in [1.29, 1.82) is 0 Å². The molecule has 2 atom stereocenters. The van der Waals surface area contributed by atoms with Crippen molar-refractivity contribution < 1.29 is 26.7 Å². The van der Waals surface area contributed by atoms with Gasteiger partial charge in [0.2, 0.25) is 29.1 Å². The van der Waals surface area contributed by atoms with Crippen LogP contribution in [0.2, 0.25) is 0 Å². The molecule has 2 aromatic carbocycles. The molecular weight excluding hydrogens is 411 g/mol. The normalized spacial score (nSPS) is 23.2. The minimum absolute atomic E-state index is 0.0382. The molecular formula is C20H17F5N2OS. The van der Waals surface area contributed by atoms with E-state index in [1.807, 2.05) is 35.2 Å². The zero-order valence-corrected chi connectivity index (χ0v) is 15.9. The summed E-state index contributed by atoms with van der Waals surface area (Å²) in [5.74, 6) is -11.3. The SMILES string of the molecule is Fc1c(F)c(F)c(OC2CC3CCC(C2)N3C(=S)Nc2ccccc2)c(F)c1F. The Kier molecular flexibility index (Phi) is 5.33. The third-order valence-electron chi connectivity index (χ3n) is 5.40. The predicted molar refractivity (Wildman–Crippen MR) is 101 cm³/mol. The number of thiocarbonyl (C=S) groups is 1. The van der Waals surface area contributed by atoms with Crippen molar-refractivity contribution in [3.63, 3.8) is 0 Å². The second-order valence-corrected chi connectivity index (χ2v) is 7.59. The van der Waals surface area contributed by atoms with Crippen molar-refractivity contribution >= 4 is 23.0 Å². The molecule has 29 heavy (non-hydrogen) atoms. The zero-order valence-electron chi connectivity index (χ0n) is 15.1. The molecule has 2 saturated heterocycles. The van der Waals surface area contributed by atoms with Gasteiger partial charge in [0.1, 0.15) is 6.10 Å². The lowest BCUT2D eigenvalue weighted by atomic mass is 10.00. The van der Waals surface area contributed by atoms with Crippen molar-refractivity contribution in [2.45, 2.75) is 43.9 Å². The van der Waals surface area contributed by atoms with Gasteiger partial charge in [-0.25, -0.2) is 13.2 Å². The average Bonchev–Trinajstić information content (AvgIpc) is 2.99. The molecule has 0 saturated carbocycles. The fraction of sp³-hybridized carbons (Fsp3) is 0.350. The van der Waals surface area contributed by atoms with Gasteiger partial charge in [0.25, 0.3) is 0 Å². The number of hydrogen-bond acceptors (Lipinski definition) is 2. The maximum atomic E-state index is 13.9. The Balaban J connectivity index is 1.48. The van der Waals surface area contributed by atoms with Crippen LogP contribution in [0.25, 0.3) is 0 Å². The first-order valence-corrected chi connectivity index (χ1v) is 9.60. The zero-order chi connectivity index (χ0) is 20.7. The van der Waals surface area contributed by atoms with Crippen molar-refractivity contribution in [1.82, 2.24) is 4.90 Å². The summed E-state index contributed by atoms with van der Waals surface area (Å²) in [4.78, 5) is 2.04. The number of ether oxygens (including phenoxy) is 1. The fourth-order valence-electron chi connectivity index (χ4n) is 4.12. The Labute approximate surface area is 169 Å². The largest absolute Gasteiger partial charge is 0.484 e. The molecule has 2 aliphatic rings. The van der Waals surface area contributed by atoms with Crippen LogP contribution in [0.3, 0.4) is 0 Å². The van der Waals surface area contributed by atoms with Gasteiger partial charge < -0.3 is 15.0 Å². The molecule has 0 amide bonds. The molecule has 3 nitrogen and oxygen atoms in total. The molecule has 2 bridgehead atoms. The van der Waals surface area contributed by atoms with Gasteiger partial charge in [0.05, 0.1) is 0 Å². The molecule has 1 N–H and O–H groups in total. The lowest BCUT2D eigenvalue weighted by Gasteiger charge is -2.40. The molecule has 2 heterocycles. The van der Waals surface area contributed by atoms with E-state index in [9.17, 15) is 22.0 Å². The summed E-state index contributed by atoms with van der Waals surface area (Å²) in [5.41, 5.74) is 0.844. The Morgan fingerprint density at radius 1 is 0.862 bits per heavy atom. The highest BCUT2D eigenvalue weighted by Gasteiger charge is 2.43. The van der Waals surface area contributed by atoms with E-state index in [4.69, 9.17) is 17.0 Å². The predicted octanol–water partition coefficient (Wildman–Crippen LogP) is 5.15. The number of nitrogens with one attached hydrogen (secondary N) is 1. The van der Waals surface area contributed by atoms with Crippen molar-refractivity contribution in [2.24, 2.45) is 0 Å². The summed E-state index contributed by atoms with van der Waals surface area (Å²) in [7, 11) is 0. The summed E-state index contributed by atoms with van der Waals surface area (Å²) >= 11 is 5.52. The molecule has 154 valence electrons. The Bertz CT molecular complexity index is 899. The molecule has 9 heteroatoms. The topological polar surface area (TPSA) is 24.5 Å². The first-order valence-electron chi connectivity index (χ1n) is 9.19. The quantitative estimate of drug-likeness (QED) is 0.316. The van der Waals surface area contributed by atoms with E-state index in [1.54, 1.807) is 0 Å². The Morgan fingerprint density at radius 3 is 1.93 bits per heavy atom. The van der Waals surface area contributed by atoms with Gasteiger partial charge in [0, 0.05) is 30.6 Å². The van der Waals surface area contributed by atoms with Crippen LogP contribution in [0.5, 0.6) is 5.75 Å². The van der Waals surface area contributed by atoms with Crippen LogP contribution in [0.4, 0.5) is 27.6 Å². The summed E-state index contributed by atoms with van der Waals surface area (Å²) in [6, 6.07) is 9.33. The summed E-state index contributed by atoms with van der Waals surface area (Å²) in [5, 5.41) is 3.71. The highest BCUT2D eigenvalue weighted by molar-refractivity contribution is 7.80. The second-order valence-electron chi connectivity index (χ2n) is 7.20. The lowest BCUT2D eigenvalue weighted by molar-refractivity contribution is 0.0814. The molecule has 0 aromatic heterocycles. The minimum Gasteiger partial charge on any atom is -0.484 e. The first kappa shape index (κ1) is 19.9. The van der Waals surface area contributed by atoms with Crippen LogP contribution in [-0.2, 0) is 0 Å². The maximum Gasteiger partial charge on any atom is 0.207 e. The van der Waals surface area contributed by atoms with E-state index >= 15 is 0 Å². The van der Waals surface area contributed by atoms with Crippen LogP contribution >= 0.6 is 12.2 Å². The van der Waals surface area contributed by atoms with Gasteiger partial charge in [-0.15, -0.1) is 0 Å². The average molecular weight is 428 g/mol. The number of piperidine rings is 1. The molecule has 0 spiro atoms. The van der Waals surface area contributed by atoms with Crippen molar-refractivity contribution in [2.75, 3.05) is 5.32 Å². The molecule has 0 radical (unpaired) electrons. The number of nitrogens with zero attached hydrogens (tertiary/aromatic N) is 1. The molecule has 2 unspecified atom stereocenters. The number of fused-ring (bicyclic) bond motifs is 2. The van der Waals surface area contributed by atoms with Crippen LogP contribution in [0.1, 0.15) is 25.7 Å². The molecule has 2 aliphatic heterocycles. The number of rotatable bonds is 3. The monoisotopic (exact) mass is 428 g/mol. The fourth-order valence-corrected chi connectivity index (χ4v) is 4.54. The molecule has 4 rings (SSSR count). The third kappa shape index (κ3) is 3.63. The molecule has 2 fully saturated rings. The highest BCUT2D eigenvalue weighted by Crippen LogP contribution is 2.39. The first-order chi connectivity index (χ1) is 13.9. The number of hydrogen-bond donors (Lipinski definition) is 1. The maximum absolute atomic E-state index is 13.9. The summed E-state index contributed by atoms with van der Waals surface area (Å²) < 4.78 is 73.2. The Hall–Kier alpha value is -2.42. The van der Waals surface area contributed by atoms with E-state index in [0.717, 1.165) is 18.5 Å². The van der Waals surface area contributed by atoms with E-state index in [2.05, 4.69) is 5.32 Å². The van der Waals surface area contributed by atoms with Gasteiger partial charge in [-0.2, -0.15) is 8.78 Å². The van der Waals surface area contributed by atoms with Gasteiger partial charge in [-0.3, -0.25) is 0 Å². The second kappa shape index (κ2) is 7.78. The number of benzene rings is 2. The molecule has 0 aliphatic carbocycles. The van der Waals surface area contributed by atoms with E-state index in [1.165, 1.54) is 0 Å². The van der Waals surface area contributed by atoms with Crippen LogP contribution in [0.15, 0.2) is 30.3 Å². The van der Waals surface area contributed by atoms with Gasteiger partial charge in [-0.05, 0) is 37.2 Å². The van der Waals surface area contributed by atoms with Crippen LogP contribution < -0.4 is 10.1 Å². The highest BCUT2D eigenvalue weighted by atomic mass is 32.1. The van der Waals surface area contributed by atoms with Gasteiger partial charge in [-0.1, -0.05) is 18.2 Å². The number of anilines is 1. The standard InChI is InChI=1S/C20H17F5N2OS/c21-14-15(22)17(24)19(18(25)16(14)23)28-13-8-11-6-7-12(9-13)27(11)20(29)26-10-4-2-1-3-5-10/h1-5,11-13H,6-9H2,(H,26,29). The van der Waals surface area contributed by atoms with Crippen LogP contribution in [0, 0.1) is 29.1 Å². The van der Waals surface area contributed by atoms with E-state index in [0.29, 0.717) is 18.0 Å². The smallest absolute Gasteiger partial charge is 0.207 e. The van der Waals surface area contributed by atoms with E-state index in [-0.39, 0.29) is 12.1 Å². The number of halogens is 5. The summed E-state index contributed by atoms with van der Waals surface area (Å²) in [6.07, 6.45) is 1.67. The molecule has 2 aromatic rings. The van der Waals surface area contributed by atoms with Crippen LogP contribution in [-0.4, -0.2) is 28.2 Å². The van der Waals surface area contributed by atoms with Crippen molar-refractivity contribution in [3.8, 4) is 5.75 Å². The number of para-hydroxylation sites is 1. The minimum atomic E-state index is -2.19. The van der Waals surface area contributed by atoms with E-state index < -0.39 is 40.9 Å².